The predicted molar refractivity (Wildman–Crippen MR) is 76.4 cm³/mol. The second kappa shape index (κ2) is 6.32. The van der Waals surface area contributed by atoms with Crippen LogP contribution in [0.25, 0.3) is 0 Å². The van der Waals surface area contributed by atoms with E-state index >= 15 is 0 Å². The van der Waals surface area contributed by atoms with Gasteiger partial charge in [0.25, 0.3) is 0 Å². The normalized spacial score (nSPS) is 12.1. The van der Waals surface area contributed by atoms with Gasteiger partial charge in [-0.3, -0.25) is 0 Å². The molecule has 6 heteroatoms. The number of aliphatic hydroxyl groups is 2. The number of hydrogen-bond acceptors (Lipinski definition) is 4. The zero-order valence-electron chi connectivity index (χ0n) is 12.2. The van der Waals surface area contributed by atoms with E-state index in [2.05, 4.69) is 10.1 Å². The molecule has 2 N–H and O–H groups in total. The van der Waals surface area contributed by atoms with Crippen LogP contribution in [0.3, 0.4) is 0 Å². The van der Waals surface area contributed by atoms with Crippen LogP contribution < -0.4 is 0 Å². The van der Waals surface area contributed by atoms with Gasteiger partial charge >= 0.3 is 0 Å². The second-order valence-electron chi connectivity index (χ2n) is 5.47. The average Bonchev–Trinajstić information content (AvgIpc) is 2.94. The van der Waals surface area contributed by atoms with Crippen LogP contribution in [0.15, 0.2) is 30.6 Å². The summed E-state index contributed by atoms with van der Waals surface area (Å²) in [5, 5.41) is 23.7. The molecule has 0 unspecified atom stereocenters. The van der Waals surface area contributed by atoms with Crippen LogP contribution in [-0.2, 0) is 11.8 Å². The summed E-state index contributed by atoms with van der Waals surface area (Å²) in [6.45, 7) is 3.16. The first-order valence-corrected chi connectivity index (χ1v) is 6.89. The van der Waals surface area contributed by atoms with Gasteiger partial charge < -0.3 is 10.2 Å². The number of aromatic nitrogens is 3. The monoisotopic (exact) mass is 293 g/mol. The maximum Gasteiger partial charge on any atom is 0.138 e. The molecule has 2 rings (SSSR count). The van der Waals surface area contributed by atoms with Gasteiger partial charge in [-0.05, 0) is 25.5 Å². The lowest BCUT2D eigenvalue weighted by Crippen LogP contribution is -2.39. The molecule has 1 heterocycles. The zero-order valence-corrected chi connectivity index (χ0v) is 12.2. The molecule has 21 heavy (non-hydrogen) atoms. The van der Waals surface area contributed by atoms with Crippen LogP contribution in [0.1, 0.15) is 31.3 Å². The molecule has 2 aromatic rings. The third-order valence-electron chi connectivity index (χ3n) is 3.68. The molecular formula is C15H20FN3O2. The standard InChI is InChI=1S/C15H20FN3O2/c1-11(2)19-14(17-10-18-19)7-15(8-20,9-21)12-5-3-4-6-13(12)16/h3-6,10-11,20-21H,7-9H2,1-2H3. The van der Waals surface area contributed by atoms with Crippen molar-refractivity contribution < 1.29 is 14.6 Å². The summed E-state index contributed by atoms with van der Waals surface area (Å²) in [4.78, 5) is 4.18. The van der Waals surface area contributed by atoms with Crippen LogP contribution in [0.4, 0.5) is 4.39 Å². The molecule has 0 fully saturated rings. The van der Waals surface area contributed by atoms with Gasteiger partial charge in [0.15, 0.2) is 0 Å². The fourth-order valence-electron chi connectivity index (χ4n) is 2.45. The van der Waals surface area contributed by atoms with Gasteiger partial charge in [-0.1, -0.05) is 18.2 Å². The molecule has 0 saturated carbocycles. The van der Waals surface area contributed by atoms with Crippen LogP contribution >= 0.6 is 0 Å². The summed E-state index contributed by atoms with van der Waals surface area (Å²) < 4.78 is 15.8. The molecule has 0 atom stereocenters. The van der Waals surface area contributed by atoms with Gasteiger partial charge in [0.2, 0.25) is 0 Å². The number of benzene rings is 1. The quantitative estimate of drug-likeness (QED) is 0.846. The van der Waals surface area contributed by atoms with Crippen molar-refractivity contribution in [3.8, 4) is 0 Å². The molecule has 0 saturated heterocycles. The van der Waals surface area contributed by atoms with Gasteiger partial charge in [-0.2, -0.15) is 5.10 Å². The summed E-state index contributed by atoms with van der Waals surface area (Å²) in [7, 11) is 0. The topological polar surface area (TPSA) is 71.2 Å². The van der Waals surface area contributed by atoms with E-state index in [1.165, 1.54) is 12.4 Å². The first-order chi connectivity index (χ1) is 10.0. The molecular weight excluding hydrogens is 273 g/mol. The fraction of sp³-hybridized carbons (Fsp3) is 0.467. The minimum atomic E-state index is -1.12. The Bertz CT molecular complexity index is 594. The number of hydrogen-bond donors (Lipinski definition) is 2. The van der Waals surface area contributed by atoms with Crippen molar-refractivity contribution in [1.29, 1.82) is 0 Å². The van der Waals surface area contributed by atoms with E-state index in [-0.39, 0.29) is 31.2 Å². The highest BCUT2D eigenvalue weighted by atomic mass is 19.1. The second-order valence-corrected chi connectivity index (χ2v) is 5.47. The Hall–Kier alpha value is -1.79. The molecule has 0 aliphatic heterocycles. The van der Waals surface area contributed by atoms with E-state index in [0.717, 1.165) is 0 Å². The minimum absolute atomic E-state index is 0.0956. The minimum Gasteiger partial charge on any atom is -0.395 e. The fourth-order valence-corrected chi connectivity index (χ4v) is 2.45. The Morgan fingerprint density at radius 3 is 2.48 bits per heavy atom. The number of rotatable bonds is 6. The lowest BCUT2D eigenvalue weighted by molar-refractivity contribution is 0.110. The Balaban J connectivity index is 2.44. The number of halogens is 1. The van der Waals surface area contributed by atoms with Crippen LogP contribution in [0.5, 0.6) is 0 Å². The number of aliphatic hydroxyl groups excluding tert-OH is 2. The molecule has 1 aromatic carbocycles. The highest BCUT2D eigenvalue weighted by molar-refractivity contribution is 5.29. The van der Waals surface area contributed by atoms with Crippen LogP contribution in [0, 0.1) is 5.82 Å². The summed E-state index contributed by atoms with van der Waals surface area (Å²) in [5.74, 6) is 0.160. The Labute approximate surface area is 123 Å². The van der Waals surface area contributed by atoms with Gasteiger partial charge in [-0.15, -0.1) is 0 Å². The van der Waals surface area contributed by atoms with Crippen molar-refractivity contribution in [3.63, 3.8) is 0 Å². The maximum absolute atomic E-state index is 14.1. The average molecular weight is 293 g/mol. The summed E-state index contributed by atoms with van der Waals surface area (Å²) in [5.41, 5.74) is -0.835. The van der Waals surface area contributed by atoms with E-state index < -0.39 is 11.2 Å². The zero-order chi connectivity index (χ0) is 15.5. The Morgan fingerprint density at radius 1 is 1.24 bits per heavy atom. The molecule has 5 nitrogen and oxygen atoms in total. The Kier molecular flexibility index (Phi) is 4.69. The molecule has 0 spiro atoms. The Morgan fingerprint density at radius 2 is 1.90 bits per heavy atom. The van der Waals surface area contributed by atoms with Gasteiger partial charge in [0.1, 0.15) is 18.0 Å². The predicted octanol–water partition coefficient (Wildman–Crippen LogP) is 1.46. The molecule has 0 aliphatic rings. The third-order valence-corrected chi connectivity index (χ3v) is 3.68. The van der Waals surface area contributed by atoms with Crippen molar-refractivity contribution in [2.45, 2.75) is 31.7 Å². The SMILES string of the molecule is CC(C)n1ncnc1CC(CO)(CO)c1ccccc1F. The van der Waals surface area contributed by atoms with Crippen molar-refractivity contribution >= 4 is 0 Å². The van der Waals surface area contributed by atoms with Crippen molar-refractivity contribution in [3.05, 3.63) is 47.8 Å². The van der Waals surface area contributed by atoms with Crippen LogP contribution in [-0.4, -0.2) is 38.2 Å². The van der Waals surface area contributed by atoms with Crippen molar-refractivity contribution in [2.24, 2.45) is 0 Å². The van der Waals surface area contributed by atoms with E-state index in [1.807, 2.05) is 13.8 Å². The molecule has 0 aliphatic carbocycles. The lowest BCUT2D eigenvalue weighted by Gasteiger charge is -2.30. The third kappa shape index (κ3) is 2.96. The largest absolute Gasteiger partial charge is 0.395 e. The van der Waals surface area contributed by atoms with Gasteiger partial charge in [-0.25, -0.2) is 14.1 Å². The molecule has 0 bridgehead atoms. The first-order valence-electron chi connectivity index (χ1n) is 6.89. The van der Waals surface area contributed by atoms with E-state index in [0.29, 0.717) is 5.82 Å². The van der Waals surface area contributed by atoms with Gasteiger partial charge in [0, 0.05) is 12.5 Å². The van der Waals surface area contributed by atoms with Gasteiger partial charge in [0.05, 0.1) is 18.6 Å². The van der Waals surface area contributed by atoms with Crippen molar-refractivity contribution in [2.75, 3.05) is 13.2 Å². The highest BCUT2D eigenvalue weighted by Crippen LogP contribution is 2.30. The maximum atomic E-state index is 14.1. The summed E-state index contributed by atoms with van der Waals surface area (Å²) in [6, 6.07) is 6.26. The van der Waals surface area contributed by atoms with E-state index in [4.69, 9.17) is 0 Å². The molecule has 0 amide bonds. The van der Waals surface area contributed by atoms with E-state index in [9.17, 15) is 14.6 Å². The first kappa shape index (κ1) is 15.6. The molecule has 1 aromatic heterocycles. The smallest absolute Gasteiger partial charge is 0.138 e. The van der Waals surface area contributed by atoms with Crippen LogP contribution in [0.2, 0.25) is 0 Å². The summed E-state index contributed by atoms with van der Waals surface area (Å²) >= 11 is 0. The van der Waals surface area contributed by atoms with E-state index in [1.54, 1.807) is 22.9 Å². The lowest BCUT2D eigenvalue weighted by atomic mass is 9.78. The molecule has 0 radical (unpaired) electrons. The highest BCUT2D eigenvalue weighted by Gasteiger charge is 2.35. The summed E-state index contributed by atoms with van der Waals surface area (Å²) in [6.07, 6.45) is 1.63. The molecule has 114 valence electrons. The number of nitrogens with zero attached hydrogens (tertiary/aromatic N) is 3. The van der Waals surface area contributed by atoms with Crippen molar-refractivity contribution in [1.82, 2.24) is 14.8 Å².